The van der Waals surface area contributed by atoms with Crippen molar-refractivity contribution in [2.24, 2.45) is 0 Å². The maximum Gasteiger partial charge on any atom is 0.328 e. The third-order valence-electron chi connectivity index (χ3n) is 5.81. The highest BCUT2D eigenvalue weighted by Gasteiger charge is 2.18. The Hall–Kier alpha value is -4.00. The Morgan fingerprint density at radius 3 is 2.47 bits per heavy atom. The zero-order chi connectivity index (χ0) is 22.2. The lowest BCUT2D eigenvalue weighted by atomic mass is 9.97. The monoisotopic (exact) mass is 424 g/mol. The second-order valence-corrected chi connectivity index (χ2v) is 8.19. The fourth-order valence-corrected chi connectivity index (χ4v) is 4.09. The van der Waals surface area contributed by atoms with Crippen LogP contribution in [0.3, 0.4) is 0 Å². The first-order valence-corrected chi connectivity index (χ1v) is 10.7. The highest BCUT2D eigenvalue weighted by Crippen LogP contribution is 2.28. The first-order valence-electron chi connectivity index (χ1n) is 10.7. The average molecular weight is 425 g/mol. The minimum atomic E-state index is -0.203. The molecule has 0 fully saturated rings. The number of hydrogen-bond acceptors (Lipinski definition) is 4. The van der Waals surface area contributed by atoms with Crippen molar-refractivity contribution in [1.82, 2.24) is 29.3 Å². The fraction of sp³-hybridized carbons (Fsp3) is 0.200. The van der Waals surface area contributed by atoms with Crippen LogP contribution < -0.4 is 5.69 Å². The molecule has 1 atom stereocenters. The second kappa shape index (κ2) is 7.92. The Morgan fingerprint density at radius 2 is 1.75 bits per heavy atom. The molecular formula is C25H24N6O. The number of H-pyrrole nitrogens is 1. The molecule has 0 aliphatic carbocycles. The Labute approximate surface area is 185 Å². The van der Waals surface area contributed by atoms with Crippen LogP contribution in [0.1, 0.15) is 43.9 Å². The number of fused-ring (bicyclic) bond motifs is 1. The van der Waals surface area contributed by atoms with Gasteiger partial charge in [0, 0.05) is 18.0 Å². The van der Waals surface area contributed by atoms with Crippen molar-refractivity contribution < 1.29 is 0 Å². The van der Waals surface area contributed by atoms with Gasteiger partial charge in [-0.25, -0.2) is 19.4 Å². The summed E-state index contributed by atoms with van der Waals surface area (Å²) >= 11 is 0. The Morgan fingerprint density at radius 1 is 0.969 bits per heavy atom. The molecule has 5 aromatic rings. The molecule has 0 bridgehead atoms. The van der Waals surface area contributed by atoms with E-state index in [2.05, 4.69) is 35.0 Å². The predicted octanol–water partition coefficient (Wildman–Crippen LogP) is 4.71. The third kappa shape index (κ3) is 3.41. The second-order valence-electron chi connectivity index (χ2n) is 8.19. The summed E-state index contributed by atoms with van der Waals surface area (Å²) in [5.74, 6) is 0.960. The fourth-order valence-electron chi connectivity index (χ4n) is 4.09. The first kappa shape index (κ1) is 19.9. The molecule has 5 rings (SSSR count). The van der Waals surface area contributed by atoms with Crippen LogP contribution in [0.5, 0.6) is 0 Å². The molecule has 2 aromatic carbocycles. The maximum absolute atomic E-state index is 12.9. The smallest absolute Gasteiger partial charge is 0.303 e. The van der Waals surface area contributed by atoms with Crippen LogP contribution in [0.25, 0.3) is 28.2 Å². The molecule has 0 saturated heterocycles. The Balaban J connectivity index is 1.58. The van der Waals surface area contributed by atoms with Gasteiger partial charge in [0.1, 0.15) is 5.52 Å². The van der Waals surface area contributed by atoms with E-state index in [9.17, 15) is 4.79 Å². The molecule has 0 saturated carbocycles. The quantitative estimate of drug-likeness (QED) is 0.443. The van der Waals surface area contributed by atoms with E-state index in [1.165, 1.54) is 5.56 Å². The molecule has 0 amide bonds. The zero-order valence-corrected chi connectivity index (χ0v) is 18.2. The van der Waals surface area contributed by atoms with Crippen molar-refractivity contribution in [1.29, 1.82) is 0 Å². The summed E-state index contributed by atoms with van der Waals surface area (Å²) < 4.78 is 3.50. The van der Waals surface area contributed by atoms with Crippen molar-refractivity contribution in [3.05, 3.63) is 94.8 Å². The molecule has 32 heavy (non-hydrogen) atoms. The normalized spacial score (nSPS) is 12.5. The first-order chi connectivity index (χ1) is 15.5. The van der Waals surface area contributed by atoms with Crippen LogP contribution in [0.4, 0.5) is 0 Å². The number of rotatable bonds is 5. The van der Waals surface area contributed by atoms with E-state index in [-0.39, 0.29) is 11.7 Å². The van der Waals surface area contributed by atoms with Crippen LogP contribution >= 0.6 is 0 Å². The van der Waals surface area contributed by atoms with Gasteiger partial charge in [-0.3, -0.25) is 4.57 Å². The van der Waals surface area contributed by atoms with Crippen molar-refractivity contribution >= 4 is 11.2 Å². The van der Waals surface area contributed by atoms with E-state index in [0.29, 0.717) is 22.9 Å². The van der Waals surface area contributed by atoms with Gasteiger partial charge < -0.3 is 4.98 Å². The van der Waals surface area contributed by atoms with Gasteiger partial charge in [0.25, 0.3) is 0 Å². The largest absolute Gasteiger partial charge is 0.328 e. The molecule has 3 aromatic heterocycles. The van der Waals surface area contributed by atoms with E-state index in [1.807, 2.05) is 61.7 Å². The number of aromatic amines is 1. The van der Waals surface area contributed by atoms with Crippen molar-refractivity contribution in [3.63, 3.8) is 0 Å². The molecule has 3 heterocycles. The summed E-state index contributed by atoms with van der Waals surface area (Å²) in [5.41, 5.74) is 5.16. The summed E-state index contributed by atoms with van der Waals surface area (Å²) in [6, 6.07) is 17.9. The topological polar surface area (TPSA) is 81.4 Å². The zero-order valence-electron chi connectivity index (χ0n) is 18.2. The van der Waals surface area contributed by atoms with Crippen molar-refractivity contribution in [2.75, 3.05) is 0 Å². The molecule has 0 aliphatic rings. The highest BCUT2D eigenvalue weighted by molar-refractivity contribution is 5.74. The lowest BCUT2D eigenvalue weighted by Gasteiger charge is -2.15. The van der Waals surface area contributed by atoms with Gasteiger partial charge in [0.05, 0.1) is 17.9 Å². The molecule has 0 unspecified atom stereocenters. The minimum absolute atomic E-state index is 0.202. The number of aromatic nitrogens is 6. The summed E-state index contributed by atoms with van der Waals surface area (Å²) in [7, 11) is 0. The molecule has 7 nitrogen and oxygen atoms in total. The maximum atomic E-state index is 12.9. The molecule has 160 valence electrons. The summed E-state index contributed by atoms with van der Waals surface area (Å²) in [5, 5.41) is 4.26. The molecular weight excluding hydrogens is 400 g/mol. The lowest BCUT2D eigenvalue weighted by molar-refractivity contribution is 0.630. The predicted molar refractivity (Wildman–Crippen MR) is 125 cm³/mol. The molecule has 0 radical (unpaired) electrons. The van der Waals surface area contributed by atoms with E-state index < -0.39 is 0 Å². The number of nitrogens with zero attached hydrogens (tertiary/aromatic N) is 5. The van der Waals surface area contributed by atoms with Crippen LogP contribution in [-0.4, -0.2) is 29.3 Å². The van der Waals surface area contributed by atoms with Gasteiger partial charge >= 0.3 is 5.69 Å². The van der Waals surface area contributed by atoms with E-state index in [1.54, 1.807) is 21.6 Å². The minimum Gasteiger partial charge on any atom is -0.303 e. The van der Waals surface area contributed by atoms with E-state index in [4.69, 9.17) is 4.98 Å². The number of imidazole rings is 1. The van der Waals surface area contributed by atoms with Crippen LogP contribution in [-0.2, 0) is 0 Å². The molecule has 0 spiro atoms. The Kier molecular flexibility index (Phi) is 4.93. The van der Waals surface area contributed by atoms with Gasteiger partial charge in [0.2, 0.25) is 0 Å². The van der Waals surface area contributed by atoms with Gasteiger partial charge in [-0.05, 0) is 42.2 Å². The molecule has 1 N–H and O–H groups in total. The van der Waals surface area contributed by atoms with Crippen LogP contribution in [0.2, 0.25) is 0 Å². The molecule has 7 heteroatoms. The Bertz CT molecular complexity index is 1430. The number of nitrogens with one attached hydrogen (secondary N) is 1. The van der Waals surface area contributed by atoms with Crippen molar-refractivity contribution in [2.45, 2.75) is 32.7 Å². The van der Waals surface area contributed by atoms with Gasteiger partial charge in [-0.2, -0.15) is 5.10 Å². The molecule has 0 aliphatic heterocycles. The average Bonchev–Trinajstić information content (AvgIpc) is 3.46. The van der Waals surface area contributed by atoms with Gasteiger partial charge in [0.15, 0.2) is 11.5 Å². The van der Waals surface area contributed by atoms with Gasteiger partial charge in [-0.1, -0.05) is 50.2 Å². The SMILES string of the molecule is CC(C)c1ccccc1-c1ncc2[nH]c(=O)n([C@H](C)c3ccc(-n4cccn4)cc3)c2n1. The highest BCUT2D eigenvalue weighted by atomic mass is 16.1. The lowest BCUT2D eigenvalue weighted by Crippen LogP contribution is -2.21. The number of benzene rings is 2. The summed E-state index contributed by atoms with van der Waals surface area (Å²) in [4.78, 5) is 25.1. The summed E-state index contributed by atoms with van der Waals surface area (Å²) in [6.45, 7) is 6.30. The van der Waals surface area contributed by atoms with Crippen LogP contribution in [0, 0.1) is 0 Å². The van der Waals surface area contributed by atoms with Gasteiger partial charge in [-0.15, -0.1) is 0 Å². The van der Waals surface area contributed by atoms with E-state index >= 15 is 0 Å². The number of hydrogen-bond donors (Lipinski definition) is 1. The standard InChI is InChI=1S/C25H24N6O/c1-16(2)20-7-4-5-8-21(20)23-26-15-22-24(29-23)31(25(32)28-22)17(3)18-9-11-19(12-10-18)30-14-6-13-27-30/h4-17H,1-3H3,(H,28,32)/t17-/m1/s1. The summed E-state index contributed by atoms with van der Waals surface area (Å²) in [6.07, 6.45) is 5.34. The van der Waals surface area contributed by atoms with Crippen LogP contribution in [0.15, 0.2) is 78.0 Å². The third-order valence-corrected chi connectivity index (χ3v) is 5.81. The van der Waals surface area contributed by atoms with E-state index in [0.717, 1.165) is 16.8 Å². The van der Waals surface area contributed by atoms with Crippen molar-refractivity contribution in [3.8, 4) is 17.1 Å².